The summed E-state index contributed by atoms with van der Waals surface area (Å²) in [4.78, 5) is 11.7. The van der Waals surface area contributed by atoms with Crippen LogP contribution < -0.4 is 5.43 Å². The van der Waals surface area contributed by atoms with E-state index < -0.39 is 0 Å². The van der Waals surface area contributed by atoms with Gasteiger partial charge in [0.15, 0.2) is 0 Å². The number of carbonyl (C=O) groups is 1. The molecule has 0 unspecified atom stereocenters. The number of amides is 1. The quantitative estimate of drug-likeness (QED) is 0.649. The average Bonchev–Trinajstić information content (AvgIpc) is 2.76. The average molecular weight is 241 g/mol. The van der Waals surface area contributed by atoms with Gasteiger partial charge < -0.3 is 4.57 Å². The van der Waals surface area contributed by atoms with Crippen molar-refractivity contribution < 1.29 is 4.79 Å². The maximum atomic E-state index is 11.7. The molecule has 2 rings (SSSR count). The first-order valence-electron chi connectivity index (χ1n) is 5.68. The lowest BCUT2D eigenvalue weighted by molar-refractivity contribution is 0.0955. The fraction of sp³-hybridized carbons (Fsp3) is 0.143. The van der Waals surface area contributed by atoms with Crippen LogP contribution in [0.25, 0.3) is 0 Å². The SMILES string of the molecule is Cc1ccc(C(=O)N/N=C\c2cccn2C)cc1. The molecule has 0 aliphatic heterocycles. The zero-order chi connectivity index (χ0) is 13.0. The van der Waals surface area contributed by atoms with E-state index in [1.807, 2.05) is 49.0 Å². The zero-order valence-corrected chi connectivity index (χ0v) is 10.4. The second kappa shape index (κ2) is 5.31. The van der Waals surface area contributed by atoms with E-state index in [0.29, 0.717) is 5.56 Å². The summed E-state index contributed by atoms with van der Waals surface area (Å²) in [5.74, 6) is -0.208. The van der Waals surface area contributed by atoms with E-state index in [9.17, 15) is 4.79 Å². The van der Waals surface area contributed by atoms with Crippen LogP contribution in [0.4, 0.5) is 0 Å². The topological polar surface area (TPSA) is 46.4 Å². The van der Waals surface area contributed by atoms with Crippen LogP contribution >= 0.6 is 0 Å². The number of aromatic nitrogens is 1. The highest BCUT2D eigenvalue weighted by molar-refractivity contribution is 5.94. The number of aryl methyl sites for hydroxylation is 2. The Morgan fingerprint density at radius 2 is 2.00 bits per heavy atom. The van der Waals surface area contributed by atoms with Crippen molar-refractivity contribution in [2.75, 3.05) is 0 Å². The second-order valence-corrected chi connectivity index (χ2v) is 4.11. The minimum absolute atomic E-state index is 0.208. The van der Waals surface area contributed by atoms with Gasteiger partial charge in [-0.25, -0.2) is 5.43 Å². The lowest BCUT2D eigenvalue weighted by atomic mass is 10.1. The number of hydrogen-bond acceptors (Lipinski definition) is 2. The van der Waals surface area contributed by atoms with Crippen molar-refractivity contribution in [3.05, 3.63) is 59.4 Å². The molecule has 0 spiro atoms. The van der Waals surface area contributed by atoms with Crippen LogP contribution in [0.1, 0.15) is 21.6 Å². The van der Waals surface area contributed by atoms with E-state index in [-0.39, 0.29) is 5.91 Å². The number of carbonyl (C=O) groups excluding carboxylic acids is 1. The van der Waals surface area contributed by atoms with Crippen LogP contribution in [0.5, 0.6) is 0 Å². The Bertz CT molecular complexity index is 567. The molecule has 4 heteroatoms. The Morgan fingerprint density at radius 3 is 2.61 bits per heavy atom. The van der Waals surface area contributed by atoms with Gasteiger partial charge in [-0.15, -0.1) is 0 Å². The van der Waals surface area contributed by atoms with Crippen LogP contribution in [-0.4, -0.2) is 16.7 Å². The molecule has 0 bridgehead atoms. The maximum absolute atomic E-state index is 11.7. The van der Waals surface area contributed by atoms with E-state index in [2.05, 4.69) is 10.5 Å². The Morgan fingerprint density at radius 1 is 1.28 bits per heavy atom. The highest BCUT2D eigenvalue weighted by Crippen LogP contribution is 2.02. The van der Waals surface area contributed by atoms with Crippen LogP contribution in [-0.2, 0) is 7.05 Å². The summed E-state index contributed by atoms with van der Waals surface area (Å²) in [5.41, 5.74) is 5.16. The Kier molecular flexibility index (Phi) is 3.57. The van der Waals surface area contributed by atoms with Gasteiger partial charge in [0, 0.05) is 18.8 Å². The molecule has 1 heterocycles. The van der Waals surface area contributed by atoms with E-state index in [1.54, 1.807) is 18.3 Å². The minimum Gasteiger partial charge on any atom is -0.350 e. The molecule has 2 aromatic rings. The predicted molar refractivity (Wildman–Crippen MR) is 71.7 cm³/mol. The van der Waals surface area contributed by atoms with Crippen molar-refractivity contribution in [1.82, 2.24) is 9.99 Å². The van der Waals surface area contributed by atoms with Gasteiger partial charge in [-0.1, -0.05) is 17.7 Å². The van der Waals surface area contributed by atoms with E-state index in [0.717, 1.165) is 11.3 Å². The molecule has 1 aromatic heterocycles. The molecule has 1 aromatic carbocycles. The monoisotopic (exact) mass is 241 g/mol. The number of hydrazone groups is 1. The lowest BCUT2D eigenvalue weighted by Crippen LogP contribution is -2.17. The number of benzene rings is 1. The summed E-state index contributed by atoms with van der Waals surface area (Å²) in [6, 6.07) is 11.2. The van der Waals surface area contributed by atoms with Crippen molar-refractivity contribution in [3.8, 4) is 0 Å². The Labute approximate surface area is 106 Å². The highest BCUT2D eigenvalue weighted by atomic mass is 16.2. The second-order valence-electron chi connectivity index (χ2n) is 4.11. The summed E-state index contributed by atoms with van der Waals surface area (Å²) in [5, 5.41) is 3.93. The number of nitrogens with one attached hydrogen (secondary N) is 1. The normalized spacial score (nSPS) is 10.8. The van der Waals surface area contributed by atoms with E-state index in [1.165, 1.54) is 0 Å². The highest BCUT2D eigenvalue weighted by Gasteiger charge is 2.02. The van der Waals surface area contributed by atoms with Gasteiger partial charge in [-0.05, 0) is 31.2 Å². The van der Waals surface area contributed by atoms with Crippen molar-refractivity contribution in [2.45, 2.75) is 6.92 Å². The van der Waals surface area contributed by atoms with Crippen LogP contribution in [0.15, 0.2) is 47.7 Å². The molecule has 0 aliphatic carbocycles. The van der Waals surface area contributed by atoms with Gasteiger partial charge in [0.05, 0.1) is 11.9 Å². The van der Waals surface area contributed by atoms with Gasteiger partial charge >= 0.3 is 0 Å². The molecule has 1 N–H and O–H groups in total. The molecule has 92 valence electrons. The fourth-order valence-electron chi connectivity index (χ4n) is 1.53. The first kappa shape index (κ1) is 12.1. The van der Waals surface area contributed by atoms with Crippen LogP contribution in [0.3, 0.4) is 0 Å². The summed E-state index contributed by atoms with van der Waals surface area (Å²) < 4.78 is 1.92. The molecule has 1 amide bonds. The molecular weight excluding hydrogens is 226 g/mol. The van der Waals surface area contributed by atoms with Crippen LogP contribution in [0.2, 0.25) is 0 Å². The first-order chi connectivity index (χ1) is 8.66. The molecular formula is C14H15N3O. The van der Waals surface area contributed by atoms with Gasteiger partial charge in [-0.2, -0.15) is 5.10 Å². The molecule has 0 atom stereocenters. The number of hydrogen-bond donors (Lipinski definition) is 1. The van der Waals surface area contributed by atoms with Crippen molar-refractivity contribution in [1.29, 1.82) is 0 Å². The van der Waals surface area contributed by atoms with Gasteiger partial charge in [0.1, 0.15) is 0 Å². The molecule has 0 fully saturated rings. The molecule has 0 radical (unpaired) electrons. The van der Waals surface area contributed by atoms with Gasteiger partial charge in [0.25, 0.3) is 5.91 Å². The number of rotatable bonds is 3. The first-order valence-corrected chi connectivity index (χ1v) is 5.68. The molecule has 0 saturated heterocycles. The molecule has 4 nitrogen and oxygen atoms in total. The van der Waals surface area contributed by atoms with Crippen LogP contribution in [0, 0.1) is 6.92 Å². The summed E-state index contributed by atoms with van der Waals surface area (Å²) >= 11 is 0. The molecule has 0 aliphatic rings. The molecule has 0 saturated carbocycles. The number of nitrogens with zero attached hydrogens (tertiary/aromatic N) is 2. The largest absolute Gasteiger partial charge is 0.350 e. The molecule has 18 heavy (non-hydrogen) atoms. The van der Waals surface area contributed by atoms with Gasteiger partial charge in [0.2, 0.25) is 0 Å². The van der Waals surface area contributed by atoms with E-state index >= 15 is 0 Å². The Balaban J connectivity index is 1.98. The summed E-state index contributed by atoms with van der Waals surface area (Å²) in [6.07, 6.45) is 3.54. The van der Waals surface area contributed by atoms with E-state index in [4.69, 9.17) is 0 Å². The van der Waals surface area contributed by atoms with Gasteiger partial charge in [-0.3, -0.25) is 4.79 Å². The third-order valence-corrected chi connectivity index (χ3v) is 2.66. The summed E-state index contributed by atoms with van der Waals surface area (Å²) in [6.45, 7) is 1.98. The van der Waals surface area contributed by atoms with Crippen molar-refractivity contribution in [2.24, 2.45) is 12.1 Å². The smallest absolute Gasteiger partial charge is 0.271 e. The summed E-state index contributed by atoms with van der Waals surface area (Å²) in [7, 11) is 1.92. The maximum Gasteiger partial charge on any atom is 0.271 e. The van der Waals surface area contributed by atoms with Crippen molar-refractivity contribution >= 4 is 12.1 Å². The predicted octanol–water partition coefficient (Wildman–Crippen LogP) is 2.10. The lowest BCUT2D eigenvalue weighted by Gasteiger charge is -2.00. The third kappa shape index (κ3) is 2.85. The minimum atomic E-state index is -0.208. The van der Waals surface area contributed by atoms with Crippen molar-refractivity contribution in [3.63, 3.8) is 0 Å². The zero-order valence-electron chi connectivity index (χ0n) is 10.4. The Hall–Kier alpha value is -2.36. The third-order valence-electron chi connectivity index (χ3n) is 2.66. The fourth-order valence-corrected chi connectivity index (χ4v) is 1.53. The standard InChI is InChI=1S/C14H15N3O/c1-11-5-7-12(8-6-11)14(18)16-15-10-13-4-3-9-17(13)2/h3-10H,1-2H3,(H,16,18)/b15-10-.